The van der Waals surface area contributed by atoms with Crippen LogP contribution in [0.4, 0.5) is 0 Å². The summed E-state index contributed by atoms with van der Waals surface area (Å²) in [5.74, 6) is 0. The lowest BCUT2D eigenvalue weighted by molar-refractivity contribution is 0.156. The lowest BCUT2D eigenvalue weighted by atomic mass is 9.97. The minimum Gasteiger partial charge on any atom is -0.472 e. The molecule has 13 heavy (non-hydrogen) atoms. The monoisotopic (exact) mass is 179 g/mol. The highest BCUT2D eigenvalue weighted by atomic mass is 16.3. The summed E-state index contributed by atoms with van der Waals surface area (Å²) in [6.45, 7) is 4.63. The molecule has 0 N–H and O–H groups in total. The van der Waals surface area contributed by atoms with Crippen LogP contribution in [0.2, 0.25) is 0 Å². The average molecular weight is 179 g/mol. The predicted molar refractivity (Wildman–Crippen MR) is 52.5 cm³/mol. The van der Waals surface area contributed by atoms with E-state index in [1.54, 1.807) is 6.26 Å². The molecule has 0 bridgehead atoms. The van der Waals surface area contributed by atoms with Crippen molar-refractivity contribution in [2.75, 3.05) is 13.1 Å². The zero-order valence-electron chi connectivity index (χ0n) is 8.20. The third-order valence-electron chi connectivity index (χ3n) is 2.95. The van der Waals surface area contributed by atoms with Crippen molar-refractivity contribution >= 4 is 0 Å². The summed E-state index contributed by atoms with van der Waals surface area (Å²) in [4.78, 5) is 2.54. The van der Waals surface area contributed by atoms with Crippen molar-refractivity contribution in [1.82, 2.24) is 4.90 Å². The summed E-state index contributed by atoms with van der Waals surface area (Å²) < 4.78 is 5.13. The summed E-state index contributed by atoms with van der Waals surface area (Å²) in [5, 5.41) is 0. The Hall–Kier alpha value is -0.760. The van der Waals surface area contributed by atoms with Gasteiger partial charge in [-0.05, 0) is 32.0 Å². The molecule has 1 aromatic heterocycles. The van der Waals surface area contributed by atoms with Crippen molar-refractivity contribution in [3.8, 4) is 0 Å². The minimum absolute atomic E-state index is 0.609. The summed E-state index contributed by atoms with van der Waals surface area (Å²) >= 11 is 0. The predicted octanol–water partition coefficient (Wildman–Crippen LogP) is 2.83. The van der Waals surface area contributed by atoms with Gasteiger partial charge in [-0.3, -0.25) is 4.90 Å². The van der Waals surface area contributed by atoms with Crippen LogP contribution < -0.4 is 0 Å². The third-order valence-corrected chi connectivity index (χ3v) is 2.95. The molecule has 2 rings (SSSR count). The Morgan fingerprint density at radius 2 is 2.46 bits per heavy atom. The van der Waals surface area contributed by atoms with E-state index >= 15 is 0 Å². The highest BCUT2D eigenvalue weighted by Crippen LogP contribution is 2.30. The number of rotatable bonds is 2. The molecule has 1 aliphatic heterocycles. The van der Waals surface area contributed by atoms with Gasteiger partial charge in [0.15, 0.2) is 0 Å². The second kappa shape index (κ2) is 3.97. The highest BCUT2D eigenvalue weighted by Gasteiger charge is 2.22. The van der Waals surface area contributed by atoms with E-state index in [1.165, 1.54) is 31.4 Å². The van der Waals surface area contributed by atoms with Crippen LogP contribution in [0.5, 0.6) is 0 Å². The van der Waals surface area contributed by atoms with E-state index < -0.39 is 0 Å². The lowest BCUT2D eigenvalue weighted by Crippen LogP contribution is -2.32. The first-order chi connectivity index (χ1) is 6.42. The normalized spacial score (nSPS) is 24.8. The van der Waals surface area contributed by atoms with Gasteiger partial charge in [0.05, 0.1) is 12.5 Å². The molecular weight excluding hydrogens is 162 g/mol. The van der Waals surface area contributed by atoms with E-state index in [0.29, 0.717) is 6.04 Å². The fourth-order valence-corrected chi connectivity index (χ4v) is 2.21. The van der Waals surface area contributed by atoms with Gasteiger partial charge in [0.2, 0.25) is 0 Å². The number of hydrogen-bond acceptors (Lipinski definition) is 2. The van der Waals surface area contributed by atoms with Gasteiger partial charge in [-0.2, -0.15) is 0 Å². The van der Waals surface area contributed by atoms with Crippen molar-refractivity contribution in [1.29, 1.82) is 0 Å². The topological polar surface area (TPSA) is 16.4 Å². The van der Waals surface area contributed by atoms with Crippen molar-refractivity contribution in [3.63, 3.8) is 0 Å². The first-order valence-corrected chi connectivity index (χ1v) is 5.18. The number of piperidine rings is 1. The van der Waals surface area contributed by atoms with Crippen LogP contribution in [0.25, 0.3) is 0 Å². The van der Waals surface area contributed by atoms with Gasteiger partial charge in [0, 0.05) is 11.6 Å². The van der Waals surface area contributed by atoms with Crippen LogP contribution in [0, 0.1) is 0 Å². The summed E-state index contributed by atoms with van der Waals surface area (Å²) in [7, 11) is 0. The standard InChI is InChI=1S/C11H17NO/c1-2-12-7-4-3-5-11(12)10-6-8-13-9-10/h6,8-9,11H,2-5,7H2,1H3/t11-/m0/s1. The summed E-state index contributed by atoms with van der Waals surface area (Å²) in [6.07, 6.45) is 7.65. The molecule has 0 aromatic carbocycles. The molecule has 1 saturated heterocycles. The molecule has 0 saturated carbocycles. The van der Waals surface area contributed by atoms with Crippen molar-refractivity contribution in [2.45, 2.75) is 32.2 Å². The quantitative estimate of drug-likeness (QED) is 0.694. The fraction of sp³-hybridized carbons (Fsp3) is 0.636. The molecule has 0 radical (unpaired) electrons. The summed E-state index contributed by atoms with van der Waals surface area (Å²) in [5.41, 5.74) is 1.35. The maximum atomic E-state index is 5.13. The molecule has 2 heterocycles. The highest BCUT2D eigenvalue weighted by molar-refractivity contribution is 5.12. The Bertz CT molecular complexity index is 243. The average Bonchev–Trinajstić information content (AvgIpc) is 2.70. The van der Waals surface area contributed by atoms with Crippen LogP contribution in [-0.4, -0.2) is 18.0 Å². The fourth-order valence-electron chi connectivity index (χ4n) is 2.21. The van der Waals surface area contributed by atoms with Crippen LogP contribution >= 0.6 is 0 Å². The number of nitrogens with zero attached hydrogens (tertiary/aromatic N) is 1. The Morgan fingerprint density at radius 3 is 3.15 bits per heavy atom. The van der Waals surface area contributed by atoms with E-state index in [9.17, 15) is 0 Å². The molecule has 0 unspecified atom stereocenters. The van der Waals surface area contributed by atoms with Crippen LogP contribution in [0.3, 0.4) is 0 Å². The van der Waals surface area contributed by atoms with Gasteiger partial charge in [-0.25, -0.2) is 0 Å². The Labute approximate surface area is 79.5 Å². The molecule has 1 atom stereocenters. The molecule has 72 valence electrons. The third kappa shape index (κ3) is 1.78. The Morgan fingerprint density at radius 1 is 1.54 bits per heavy atom. The van der Waals surface area contributed by atoms with Crippen LogP contribution in [0.1, 0.15) is 37.8 Å². The SMILES string of the molecule is CCN1CCCC[C@H]1c1ccoc1. The smallest absolute Gasteiger partial charge is 0.0950 e. The minimum atomic E-state index is 0.609. The second-order valence-electron chi connectivity index (χ2n) is 3.70. The number of hydrogen-bond donors (Lipinski definition) is 0. The van der Waals surface area contributed by atoms with Crippen LogP contribution in [-0.2, 0) is 0 Å². The Kier molecular flexibility index (Phi) is 2.69. The lowest BCUT2D eigenvalue weighted by Gasteiger charge is -2.34. The van der Waals surface area contributed by atoms with E-state index in [2.05, 4.69) is 17.9 Å². The van der Waals surface area contributed by atoms with Gasteiger partial charge in [0.1, 0.15) is 0 Å². The van der Waals surface area contributed by atoms with E-state index in [-0.39, 0.29) is 0 Å². The number of likely N-dealkylation sites (tertiary alicyclic amines) is 1. The molecule has 0 spiro atoms. The molecule has 1 aromatic rings. The maximum Gasteiger partial charge on any atom is 0.0950 e. The van der Waals surface area contributed by atoms with Crippen molar-refractivity contribution < 1.29 is 4.42 Å². The first kappa shape index (κ1) is 8.82. The first-order valence-electron chi connectivity index (χ1n) is 5.18. The largest absolute Gasteiger partial charge is 0.472 e. The van der Waals surface area contributed by atoms with Gasteiger partial charge >= 0.3 is 0 Å². The van der Waals surface area contributed by atoms with E-state index in [1.807, 2.05) is 6.26 Å². The molecule has 1 aliphatic rings. The van der Waals surface area contributed by atoms with E-state index in [0.717, 1.165) is 6.54 Å². The van der Waals surface area contributed by atoms with Crippen LogP contribution in [0.15, 0.2) is 23.0 Å². The van der Waals surface area contributed by atoms with Crippen molar-refractivity contribution in [2.24, 2.45) is 0 Å². The zero-order chi connectivity index (χ0) is 9.10. The zero-order valence-corrected chi connectivity index (χ0v) is 8.20. The maximum absolute atomic E-state index is 5.13. The molecule has 1 fully saturated rings. The molecular formula is C11H17NO. The molecule has 0 aliphatic carbocycles. The van der Waals surface area contributed by atoms with Crippen molar-refractivity contribution in [3.05, 3.63) is 24.2 Å². The van der Waals surface area contributed by atoms with Gasteiger partial charge in [0.25, 0.3) is 0 Å². The summed E-state index contributed by atoms with van der Waals surface area (Å²) in [6, 6.07) is 2.70. The second-order valence-corrected chi connectivity index (χ2v) is 3.70. The van der Waals surface area contributed by atoms with Gasteiger partial charge < -0.3 is 4.42 Å². The molecule has 2 nitrogen and oxygen atoms in total. The number of furan rings is 1. The molecule has 2 heteroatoms. The van der Waals surface area contributed by atoms with E-state index in [4.69, 9.17) is 4.42 Å². The Balaban J connectivity index is 2.11. The molecule has 0 amide bonds. The van der Waals surface area contributed by atoms with Gasteiger partial charge in [-0.1, -0.05) is 13.3 Å². The van der Waals surface area contributed by atoms with Gasteiger partial charge in [-0.15, -0.1) is 0 Å².